The van der Waals surface area contributed by atoms with E-state index >= 15 is 0 Å². The minimum atomic E-state index is 0.196. The fourth-order valence-electron chi connectivity index (χ4n) is 2.44. The van der Waals surface area contributed by atoms with Gasteiger partial charge in [0, 0.05) is 12.2 Å². The number of aliphatic hydroxyl groups is 1. The Hall–Kier alpha value is -1.19. The zero-order valence-corrected chi connectivity index (χ0v) is 10.9. The second-order valence-electron chi connectivity index (χ2n) is 5.19. The smallest absolute Gasteiger partial charge is 0.176 e. The average molecular weight is 247 g/mol. The van der Waals surface area contributed by atoms with Gasteiger partial charge < -0.3 is 5.11 Å². The molecular formula is C15H21NO2. The minimum absolute atomic E-state index is 0.196. The predicted octanol–water partition coefficient (Wildman–Crippen LogP) is 1.88. The molecule has 0 amide bonds. The molecule has 1 aromatic rings. The summed E-state index contributed by atoms with van der Waals surface area (Å²) in [5, 5.41) is 9.08. The highest BCUT2D eigenvalue weighted by Gasteiger charge is 2.20. The topological polar surface area (TPSA) is 40.5 Å². The van der Waals surface area contributed by atoms with Crippen molar-refractivity contribution in [1.82, 2.24) is 4.90 Å². The summed E-state index contributed by atoms with van der Waals surface area (Å²) in [5.41, 5.74) is 1.93. The highest BCUT2D eigenvalue weighted by atomic mass is 16.3. The van der Waals surface area contributed by atoms with E-state index in [1.54, 1.807) is 0 Å². The fraction of sp³-hybridized carbons (Fsp3) is 0.533. The molecule has 1 heterocycles. The normalized spacial score (nSPS) is 17.9. The van der Waals surface area contributed by atoms with Crippen LogP contribution in [0.4, 0.5) is 0 Å². The minimum Gasteiger partial charge on any atom is -0.396 e. The molecule has 98 valence electrons. The summed E-state index contributed by atoms with van der Waals surface area (Å²) < 4.78 is 0. The lowest BCUT2D eigenvalue weighted by atomic mass is 9.97. The molecule has 3 heteroatoms. The zero-order chi connectivity index (χ0) is 13.0. The van der Waals surface area contributed by atoms with Crippen LogP contribution in [0.2, 0.25) is 0 Å². The SMILES string of the molecule is Cc1cccc(C(=O)CN2CCC(CO)CC2)c1. The molecule has 18 heavy (non-hydrogen) atoms. The maximum Gasteiger partial charge on any atom is 0.176 e. The van der Waals surface area contributed by atoms with Crippen LogP contribution in [0.3, 0.4) is 0 Å². The molecule has 1 fully saturated rings. The van der Waals surface area contributed by atoms with Crippen LogP contribution < -0.4 is 0 Å². The quantitative estimate of drug-likeness (QED) is 0.826. The van der Waals surface area contributed by atoms with Crippen molar-refractivity contribution >= 4 is 5.78 Å². The molecule has 0 radical (unpaired) electrons. The molecule has 1 N–H and O–H groups in total. The number of ketones is 1. The second-order valence-corrected chi connectivity index (χ2v) is 5.19. The lowest BCUT2D eigenvalue weighted by Crippen LogP contribution is -2.38. The monoisotopic (exact) mass is 247 g/mol. The number of benzene rings is 1. The Morgan fingerprint density at radius 2 is 2.11 bits per heavy atom. The Morgan fingerprint density at radius 3 is 2.72 bits per heavy atom. The van der Waals surface area contributed by atoms with Gasteiger partial charge >= 0.3 is 0 Å². The Morgan fingerprint density at radius 1 is 1.39 bits per heavy atom. The van der Waals surface area contributed by atoms with Crippen molar-refractivity contribution in [3.05, 3.63) is 35.4 Å². The average Bonchev–Trinajstić information content (AvgIpc) is 2.39. The van der Waals surface area contributed by atoms with E-state index in [9.17, 15) is 4.79 Å². The van der Waals surface area contributed by atoms with E-state index in [1.807, 2.05) is 31.2 Å². The van der Waals surface area contributed by atoms with E-state index in [1.165, 1.54) is 0 Å². The highest BCUT2D eigenvalue weighted by Crippen LogP contribution is 2.16. The molecule has 0 saturated carbocycles. The van der Waals surface area contributed by atoms with Crippen molar-refractivity contribution in [3.8, 4) is 0 Å². The first-order valence-corrected chi connectivity index (χ1v) is 6.62. The van der Waals surface area contributed by atoms with Crippen LogP contribution >= 0.6 is 0 Å². The molecule has 3 nitrogen and oxygen atoms in total. The lowest BCUT2D eigenvalue weighted by molar-refractivity contribution is 0.0864. The van der Waals surface area contributed by atoms with Gasteiger partial charge in [-0.15, -0.1) is 0 Å². The van der Waals surface area contributed by atoms with Crippen LogP contribution in [0.15, 0.2) is 24.3 Å². The molecule has 2 rings (SSSR count). The van der Waals surface area contributed by atoms with Crippen molar-refractivity contribution < 1.29 is 9.90 Å². The molecule has 1 aliphatic heterocycles. The summed E-state index contributed by atoms with van der Waals surface area (Å²) in [6.45, 7) is 4.62. The van der Waals surface area contributed by atoms with Gasteiger partial charge in [0.2, 0.25) is 0 Å². The third-order valence-corrected chi connectivity index (χ3v) is 3.67. The van der Waals surface area contributed by atoms with Crippen LogP contribution in [0.5, 0.6) is 0 Å². The summed E-state index contributed by atoms with van der Waals surface area (Å²) in [4.78, 5) is 14.3. The van der Waals surface area contributed by atoms with Crippen LogP contribution in [0, 0.1) is 12.8 Å². The number of nitrogens with zero attached hydrogens (tertiary/aromatic N) is 1. The number of aryl methyl sites for hydroxylation is 1. The molecule has 0 spiro atoms. The Kier molecular flexibility index (Phi) is 4.50. The van der Waals surface area contributed by atoms with Gasteiger partial charge in [-0.05, 0) is 44.8 Å². The number of rotatable bonds is 4. The van der Waals surface area contributed by atoms with Crippen LogP contribution in [0.1, 0.15) is 28.8 Å². The summed E-state index contributed by atoms with van der Waals surface area (Å²) in [7, 11) is 0. The van der Waals surface area contributed by atoms with E-state index in [0.29, 0.717) is 12.5 Å². The first kappa shape index (κ1) is 13.2. The van der Waals surface area contributed by atoms with Gasteiger partial charge in [0.1, 0.15) is 0 Å². The summed E-state index contributed by atoms with van der Waals surface area (Å²) in [5.74, 6) is 0.622. The lowest BCUT2D eigenvalue weighted by Gasteiger charge is -2.30. The molecule has 1 aromatic carbocycles. The first-order valence-electron chi connectivity index (χ1n) is 6.62. The summed E-state index contributed by atoms with van der Waals surface area (Å²) in [6, 6.07) is 7.77. The largest absolute Gasteiger partial charge is 0.396 e. The van der Waals surface area contributed by atoms with Crippen molar-refractivity contribution in [2.24, 2.45) is 5.92 Å². The third kappa shape index (κ3) is 3.40. The van der Waals surface area contributed by atoms with Crippen LogP contribution in [-0.4, -0.2) is 42.0 Å². The van der Waals surface area contributed by atoms with Gasteiger partial charge in [0.05, 0.1) is 6.54 Å². The standard InChI is InChI=1S/C15H21NO2/c1-12-3-2-4-14(9-12)15(18)10-16-7-5-13(11-17)6-8-16/h2-4,9,13,17H,5-8,10-11H2,1H3. The number of likely N-dealkylation sites (tertiary alicyclic amines) is 1. The number of carbonyl (C=O) groups excluding carboxylic acids is 1. The van der Waals surface area contributed by atoms with Crippen molar-refractivity contribution in [1.29, 1.82) is 0 Å². The number of piperidine rings is 1. The highest BCUT2D eigenvalue weighted by molar-refractivity contribution is 5.97. The van der Waals surface area contributed by atoms with E-state index < -0.39 is 0 Å². The predicted molar refractivity (Wildman–Crippen MR) is 71.8 cm³/mol. The number of hydrogen-bond donors (Lipinski definition) is 1. The van der Waals surface area contributed by atoms with Crippen LogP contribution in [-0.2, 0) is 0 Å². The maximum atomic E-state index is 12.1. The molecule has 0 unspecified atom stereocenters. The maximum absolute atomic E-state index is 12.1. The molecule has 1 aliphatic rings. The molecule has 1 saturated heterocycles. The third-order valence-electron chi connectivity index (χ3n) is 3.67. The van der Waals surface area contributed by atoms with Gasteiger partial charge in [0.15, 0.2) is 5.78 Å². The number of Topliss-reactive ketones (excluding diaryl/α,β-unsaturated/α-hetero) is 1. The number of aliphatic hydroxyl groups excluding tert-OH is 1. The molecule has 0 atom stereocenters. The number of hydrogen-bond acceptors (Lipinski definition) is 3. The number of carbonyl (C=O) groups is 1. The van der Waals surface area contributed by atoms with Gasteiger partial charge in [0.25, 0.3) is 0 Å². The van der Waals surface area contributed by atoms with E-state index in [0.717, 1.165) is 37.1 Å². The van der Waals surface area contributed by atoms with Gasteiger partial charge in [-0.3, -0.25) is 9.69 Å². The summed E-state index contributed by atoms with van der Waals surface area (Å²) in [6.07, 6.45) is 2.00. The fourth-order valence-corrected chi connectivity index (χ4v) is 2.44. The molecule has 0 bridgehead atoms. The second kappa shape index (κ2) is 6.12. The molecule has 0 aliphatic carbocycles. The van der Waals surface area contributed by atoms with Gasteiger partial charge in [-0.1, -0.05) is 23.8 Å². The van der Waals surface area contributed by atoms with Crippen molar-refractivity contribution in [2.45, 2.75) is 19.8 Å². The Bertz CT molecular complexity index is 409. The molecular weight excluding hydrogens is 226 g/mol. The van der Waals surface area contributed by atoms with E-state index in [-0.39, 0.29) is 12.4 Å². The van der Waals surface area contributed by atoms with Crippen molar-refractivity contribution in [3.63, 3.8) is 0 Å². The van der Waals surface area contributed by atoms with Crippen LogP contribution in [0.25, 0.3) is 0 Å². The first-order chi connectivity index (χ1) is 8.69. The van der Waals surface area contributed by atoms with Crippen molar-refractivity contribution in [2.75, 3.05) is 26.2 Å². The molecule has 0 aromatic heterocycles. The summed E-state index contributed by atoms with van der Waals surface area (Å²) >= 11 is 0. The van der Waals surface area contributed by atoms with Gasteiger partial charge in [-0.2, -0.15) is 0 Å². The zero-order valence-electron chi connectivity index (χ0n) is 10.9. The van der Waals surface area contributed by atoms with E-state index in [2.05, 4.69) is 4.90 Å². The Balaban J connectivity index is 1.89. The Labute approximate surface area is 108 Å². The van der Waals surface area contributed by atoms with Gasteiger partial charge in [-0.25, -0.2) is 0 Å². The van der Waals surface area contributed by atoms with E-state index in [4.69, 9.17) is 5.11 Å².